The summed E-state index contributed by atoms with van der Waals surface area (Å²) in [4.78, 5) is 12.1. The standard InChI is InChI=1S/C6H11NO3S/c1-6(8)7-3-2-4-11(9,10)5-7/h2-5H2,1H3. The van der Waals surface area contributed by atoms with E-state index in [1.165, 1.54) is 11.8 Å². The van der Waals surface area contributed by atoms with E-state index in [4.69, 9.17) is 0 Å². The van der Waals surface area contributed by atoms with Crippen molar-refractivity contribution in [2.24, 2.45) is 0 Å². The van der Waals surface area contributed by atoms with Gasteiger partial charge >= 0.3 is 0 Å². The molecule has 0 atom stereocenters. The van der Waals surface area contributed by atoms with Crippen molar-refractivity contribution in [2.45, 2.75) is 13.3 Å². The van der Waals surface area contributed by atoms with Crippen LogP contribution in [0.5, 0.6) is 0 Å². The molecule has 4 nitrogen and oxygen atoms in total. The lowest BCUT2D eigenvalue weighted by molar-refractivity contribution is -0.128. The van der Waals surface area contributed by atoms with Gasteiger partial charge in [0.25, 0.3) is 0 Å². The number of rotatable bonds is 0. The van der Waals surface area contributed by atoms with Crippen molar-refractivity contribution >= 4 is 15.7 Å². The highest BCUT2D eigenvalue weighted by Gasteiger charge is 2.23. The molecule has 1 saturated heterocycles. The largest absolute Gasteiger partial charge is 0.328 e. The summed E-state index contributed by atoms with van der Waals surface area (Å²) in [6.07, 6.45) is 0.571. The molecule has 0 saturated carbocycles. The summed E-state index contributed by atoms with van der Waals surface area (Å²) in [7, 11) is -2.97. The van der Waals surface area contributed by atoms with Crippen LogP contribution in [0.1, 0.15) is 13.3 Å². The summed E-state index contributed by atoms with van der Waals surface area (Å²) >= 11 is 0. The van der Waals surface area contributed by atoms with Crippen molar-refractivity contribution in [1.82, 2.24) is 4.90 Å². The normalized spacial score (nSPS) is 23.2. The van der Waals surface area contributed by atoms with Gasteiger partial charge < -0.3 is 4.90 Å². The van der Waals surface area contributed by atoms with Crippen LogP contribution < -0.4 is 0 Å². The maximum atomic E-state index is 11.0. The topological polar surface area (TPSA) is 54.5 Å². The molecule has 1 fully saturated rings. The third kappa shape index (κ3) is 2.18. The zero-order valence-corrected chi connectivity index (χ0v) is 7.23. The van der Waals surface area contributed by atoms with E-state index in [-0.39, 0.29) is 17.5 Å². The maximum absolute atomic E-state index is 11.0. The lowest BCUT2D eigenvalue weighted by atomic mass is 10.4. The quantitative estimate of drug-likeness (QED) is 0.506. The Morgan fingerprint density at radius 2 is 2.09 bits per heavy atom. The Labute approximate surface area is 66.1 Å². The highest BCUT2D eigenvalue weighted by atomic mass is 32.2. The van der Waals surface area contributed by atoms with Crippen LogP contribution in [-0.2, 0) is 14.6 Å². The SMILES string of the molecule is CC(=O)N1CCCS(=O)(=O)C1. The van der Waals surface area contributed by atoms with Crippen molar-refractivity contribution in [2.75, 3.05) is 18.2 Å². The van der Waals surface area contributed by atoms with Gasteiger partial charge in [-0.1, -0.05) is 0 Å². The van der Waals surface area contributed by atoms with E-state index in [1.54, 1.807) is 0 Å². The number of nitrogens with zero attached hydrogens (tertiary/aromatic N) is 1. The van der Waals surface area contributed by atoms with Gasteiger partial charge in [0.15, 0.2) is 9.84 Å². The first-order valence-corrected chi connectivity index (χ1v) is 5.29. The van der Waals surface area contributed by atoms with Crippen LogP contribution in [0.3, 0.4) is 0 Å². The van der Waals surface area contributed by atoms with E-state index in [0.29, 0.717) is 13.0 Å². The average molecular weight is 177 g/mol. The molecule has 1 heterocycles. The van der Waals surface area contributed by atoms with Crippen LogP contribution >= 0.6 is 0 Å². The molecule has 0 aliphatic carbocycles. The van der Waals surface area contributed by atoms with Crippen molar-refractivity contribution in [3.05, 3.63) is 0 Å². The van der Waals surface area contributed by atoms with E-state index in [2.05, 4.69) is 0 Å². The Hall–Kier alpha value is -0.580. The second-order valence-electron chi connectivity index (χ2n) is 2.71. The molecule has 1 amide bonds. The molecular weight excluding hydrogens is 166 g/mol. The third-order valence-electron chi connectivity index (χ3n) is 1.68. The number of hydrogen-bond acceptors (Lipinski definition) is 3. The molecule has 1 rings (SSSR count). The fourth-order valence-corrected chi connectivity index (χ4v) is 2.57. The molecule has 1 aliphatic rings. The van der Waals surface area contributed by atoms with Crippen molar-refractivity contribution in [3.8, 4) is 0 Å². The maximum Gasteiger partial charge on any atom is 0.220 e. The van der Waals surface area contributed by atoms with E-state index < -0.39 is 9.84 Å². The fraction of sp³-hybridized carbons (Fsp3) is 0.833. The Bertz CT molecular complexity index is 257. The van der Waals surface area contributed by atoms with Crippen LogP contribution in [-0.4, -0.2) is 37.4 Å². The smallest absolute Gasteiger partial charge is 0.220 e. The molecule has 0 radical (unpaired) electrons. The van der Waals surface area contributed by atoms with E-state index in [0.717, 1.165) is 0 Å². The molecule has 11 heavy (non-hydrogen) atoms. The molecular formula is C6H11NO3S. The minimum Gasteiger partial charge on any atom is -0.328 e. The van der Waals surface area contributed by atoms with Crippen LogP contribution in [0.25, 0.3) is 0 Å². The predicted octanol–water partition coefficient (Wildman–Crippen LogP) is -0.389. The second kappa shape index (κ2) is 2.81. The number of amides is 1. The molecule has 64 valence electrons. The van der Waals surface area contributed by atoms with Gasteiger partial charge in [-0.05, 0) is 6.42 Å². The van der Waals surface area contributed by atoms with Gasteiger partial charge in [-0.25, -0.2) is 8.42 Å². The Morgan fingerprint density at radius 1 is 1.45 bits per heavy atom. The summed E-state index contributed by atoms with van der Waals surface area (Å²) in [5.41, 5.74) is 0. The minimum absolute atomic E-state index is 0.0949. The molecule has 0 aromatic carbocycles. The highest BCUT2D eigenvalue weighted by Crippen LogP contribution is 2.07. The van der Waals surface area contributed by atoms with E-state index >= 15 is 0 Å². The average Bonchev–Trinajstić information content (AvgIpc) is 1.85. The lowest BCUT2D eigenvalue weighted by Crippen LogP contribution is -2.40. The van der Waals surface area contributed by atoms with Gasteiger partial charge in [0, 0.05) is 13.5 Å². The van der Waals surface area contributed by atoms with Crippen molar-refractivity contribution < 1.29 is 13.2 Å². The molecule has 0 spiro atoms. The lowest BCUT2D eigenvalue weighted by Gasteiger charge is -2.24. The number of sulfone groups is 1. The Kier molecular flexibility index (Phi) is 2.17. The Balaban J connectivity index is 2.68. The highest BCUT2D eigenvalue weighted by molar-refractivity contribution is 7.91. The second-order valence-corrected chi connectivity index (χ2v) is 4.87. The summed E-state index contributed by atoms with van der Waals surface area (Å²) in [6.45, 7) is 1.97. The molecule has 1 aliphatic heterocycles. The summed E-state index contributed by atoms with van der Waals surface area (Å²) < 4.78 is 21.9. The molecule has 0 aromatic heterocycles. The van der Waals surface area contributed by atoms with Crippen LogP contribution in [0.4, 0.5) is 0 Å². The summed E-state index contributed by atoms with van der Waals surface area (Å²) in [5, 5.41) is 0. The summed E-state index contributed by atoms with van der Waals surface area (Å²) in [6, 6.07) is 0. The van der Waals surface area contributed by atoms with E-state index in [9.17, 15) is 13.2 Å². The van der Waals surface area contributed by atoms with Gasteiger partial charge in [-0.15, -0.1) is 0 Å². The minimum atomic E-state index is -2.97. The number of hydrogen-bond donors (Lipinski definition) is 0. The van der Waals surface area contributed by atoms with Crippen molar-refractivity contribution in [3.63, 3.8) is 0 Å². The molecule has 0 N–H and O–H groups in total. The first-order valence-electron chi connectivity index (χ1n) is 3.47. The third-order valence-corrected chi connectivity index (χ3v) is 3.30. The molecule has 0 unspecified atom stereocenters. The molecule has 0 bridgehead atoms. The van der Waals surface area contributed by atoms with Gasteiger partial charge in [0.1, 0.15) is 5.88 Å². The van der Waals surface area contributed by atoms with Crippen LogP contribution in [0.2, 0.25) is 0 Å². The predicted molar refractivity (Wildman–Crippen MR) is 40.7 cm³/mol. The monoisotopic (exact) mass is 177 g/mol. The first-order chi connectivity index (χ1) is 5.01. The van der Waals surface area contributed by atoms with Gasteiger partial charge in [0.2, 0.25) is 5.91 Å². The fourth-order valence-electron chi connectivity index (χ4n) is 1.09. The number of carbonyl (C=O) groups excluding carboxylic acids is 1. The van der Waals surface area contributed by atoms with Gasteiger partial charge in [-0.3, -0.25) is 4.79 Å². The van der Waals surface area contributed by atoms with Crippen molar-refractivity contribution in [1.29, 1.82) is 0 Å². The summed E-state index contributed by atoms with van der Waals surface area (Å²) in [5.74, 6) is -0.0349. The van der Waals surface area contributed by atoms with Crippen LogP contribution in [0.15, 0.2) is 0 Å². The van der Waals surface area contributed by atoms with Gasteiger partial charge in [0.05, 0.1) is 5.75 Å². The van der Waals surface area contributed by atoms with Gasteiger partial charge in [-0.2, -0.15) is 0 Å². The number of carbonyl (C=O) groups is 1. The van der Waals surface area contributed by atoms with E-state index in [1.807, 2.05) is 0 Å². The zero-order chi connectivity index (χ0) is 8.48. The molecule has 5 heteroatoms. The molecule has 0 aromatic rings. The zero-order valence-electron chi connectivity index (χ0n) is 6.41. The Morgan fingerprint density at radius 3 is 2.45 bits per heavy atom. The van der Waals surface area contributed by atoms with Crippen LogP contribution in [0, 0.1) is 0 Å². The first kappa shape index (κ1) is 8.52.